The smallest absolute Gasteiger partial charge is 0.264 e. The monoisotopic (exact) mass is 503 g/mol. The third-order valence-corrected chi connectivity index (χ3v) is 8.17. The molecule has 0 N–H and O–H groups in total. The summed E-state index contributed by atoms with van der Waals surface area (Å²) >= 11 is 1.39. The van der Waals surface area contributed by atoms with Gasteiger partial charge in [-0.05, 0) is 29.9 Å². The summed E-state index contributed by atoms with van der Waals surface area (Å²) in [5.41, 5.74) is 1.34. The van der Waals surface area contributed by atoms with Crippen molar-refractivity contribution in [2.75, 3.05) is 26.9 Å². The molecule has 10 heteroatoms. The lowest BCUT2D eigenvalue weighted by atomic mass is 10.2. The van der Waals surface area contributed by atoms with Gasteiger partial charge in [0.1, 0.15) is 0 Å². The van der Waals surface area contributed by atoms with Gasteiger partial charge in [-0.3, -0.25) is 4.79 Å². The van der Waals surface area contributed by atoms with Gasteiger partial charge in [0.15, 0.2) is 0 Å². The number of carbonyl (C=O) groups is 1. The molecule has 3 aromatic rings. The minimum Gasteiger partial charge on any atom is -0.383 e. The predicted molar refractivity (Wildman–Crippen MR) is 129 cm³/mol. The van der Waals surface area contributed by atoms with Crippen LogP contribution in [0.5, 0.6) is 0 Å². The molecule has 1 atom stereocenters. The number of carbonyl (C=O) groups excluding carboxylic acids is 1. The van der Waals surface area contributed by atoms with Gasteiger partial charge in [-0.15, -0.1) is 11.3 Å². The second-order valence-corrected chi connectivity index (χ2v) is 11.1. The maximum absolute atomic E-state index is 13.3. The molecule has 0 spiro atoms. The van der Waals surface area contributed by atoms with Crippen LogP contribution in [0.4, 0.5) is 0 Å². The fraction of sp³-hybridized carbons (Fsp3) is 0.417. The lowest BCUT2D eigenvalue weighted by Crippen LogP contribution is -2.37. The number of hydrogen-bond acceptors (Lipinski definition) is 7. The molecule has 1 aliphatic heterocycles. The maximum atomic E-state index is 13.3. The van der Waals surface area contributed by atoms with E-state index in [2.05, 4.69) is 4.98 Å². The van der Waals surface area contributed by atoms with Crippen LogP contribution in [-0.2, 0) is 38.2 Å². The summed E-state index contributed by atoms with van der Waals surface area (Å²) < 4.78 is 39.2. The molecule has 0 saturated carbocycles. The Balaban J connectivity index is 1.63. The fourth-order valence-electron chi connectivity index (χ4n) is 4.05. The molecule has 1 aromatic carbocycles. The molecule has 3 heterocycles. The van der Waals surface area contributed by atoms with Crippen molar-refractivity contribution in [1.29, 1.82) is 0 Å². The Morgan fingerprint density at radius 3 is 2.76 bits per heavy atom. The van der Waals surface area contributed by atoms with Crippen LogP contribution in [0.2, 0.25) is 0 Å². The number of imidazole rings is 1. The van der Waals surface area contributed by atoms with Crippen molar-refractivity contribution in [1.82, 2.24) is 14.5 Å². The number of hydrogen-bond donors (Lipinski definition) is 0. The number of rotatable bonds is 11. The van der Waals surface area contributed by atoms with Gasteiger partial charge < -0.3 is 18.9 Å². The van der Waals surface area contributed by atoms with Crippen molar-refractivity contribution >= 4 is 27.1 Å². The quantitative estimate of drug-likeness (QED) is 0.398. The van der Waals surface area contributed by atoms with Crippen LogP contribution in [0, 0.1) is 0 Å². The molecule has 34 heavy (non-hydrogen) atoms. The number of nitrogens with zero attached hydrogens (tertiary/aromatic N) is 3. The van der Waals surface area contributed by atoms with Crippen LogP contribution >= 0.6 is 11.3 Å². The highest BCUT2D eigenvalue weighted by atomic mass is 32.2. The van der Waals surface area contributed by atoms with Gasteiger partial charge in [-0.2, -0.15) is 0 Å². The first-order valence-corrected chi connectivity index (χ1v) is 13.8. The third-order valence-electron chi connectivity index (χ3n) is 5.72. The zero-order valence-corrected chi connectivity index (χ0v) is 20.8. The van der Waals surface area contributed by atoms with Crippen LogP contribution in [0.1, 0.15) is 33.8 Å². The molecule has 2 aromatic heterocycles. The van der Waals surface area contributed by atoms with E-state index in [0.717, 1.165) is 12.8 Å². The van der Waals surface area contributed by atoms with E-state index in [1.165, 1.54) is 11.3 Å². The summed E-state index contributed by atoms with van der Waals surface area (Å²) in [7, 11) is -2.14. The molecule has 4 rings (SSSR count). The number of thiophene rings is 1. The number of ether oxygens (including phenoxy) is 2. The Morgan fingerprint density at radius 1 is 1.26 bits per heavy atom. The first-order chi connectivity index (χ1) is 16.5. The highest BCUT2D eigenvalue weighted by Crippen LogP contribution is 2.22. The van der Waals surface area contributed by atoms with Crippen molar-refractivity contribution in [3.05, 3.63) is 70.2 Å². The number of benzene rings is 1. The van der Waals surface area contributed by atoms with E-state index in [0.29, 0.717) is 42.4 Å². The van der Waals surface area contributed by atoms with Gasteiger partial charge in [-0.25, -0.2) is 13.4 Å². The second-order valence-electron chi connectivity index (χ2n) is 8.22. The summed E-state index contributed by atoms with van der Waals surface area (Å²) in [4.78, 5) is 19.9. The molecule has 8 nitrogen and oxygen atoms in total. The Morgan fingerprint density at radius 2 is 2.09 bits per heavy atom. The SMILES string of the molecule is COCCn1c(CN(C[C@@H]2CCCO2)C(=O)c2cccs2)cnc1S(=O)(=O)Cc1ccccc1. The molecule has 0 unspecified atom stereocenters. The fourth-order valence-corrected chi connectivity index (χ4v) is 6.26. The molecule has 0 aliphatic carbocycles. The average molecular weight is 504 g/mol. The summed E-state index contributed by atoms with van der Waals surface area (Å²) in [6.07, 6.45) is 3.39. The van der Waals surface area contributed by atoms with Crippen molar-refractivity contribution in [3.63, 3.8) is 0 Å². The molecule has 0 radical (unpaired) electrons. The topological polar surface area (TPSA) is 90.7 Å². The van der Waals surface area contributed by atoms with Gasteiger partial charge >= 0.3 is 0 Å². The standard InChI is InChI=1S/C24H29N3O5S2/c1-31-13-11-27-20(15-25-24(27)34(29,30)18-19-7-3-2-4-8-19)16-26(17-21-9-5-12-32-21)23(28)22-10-6-14-33-22/h2-4,6-8,10,14-15,21H,5,9,11-13,16-18H2,1H3/t21-/m0/s1. The lowest BCUT2D eigenvalue weighted by Gasteiger charge is -2.25. The molecular weight excluding hydrogens is 474 g/mol. The van der Waals surface area contributed by atoms with Gasteiger partial charge in [-0.1, -0.05) is 36.4 Å². The van der Waals surface area contributed by atoms with E-state index < -0.39 is 9.84 Å². The summed E-state index contributed by atoms with van der Waals surface area (Å²) in [5.74, 6) is -0.246. The van der Waals surface area contributed by atoms with Gasteiger partial charge in [0.05, 0.1) is 41.8 Å². The van der Waals surface area contributed by atoms with Crippen molar-refractivity contribution < 1.29 is 22.7 Å². The number of methoxy groups -OCH3 is 1. The van der Waals surface area contributed by atoms with Gasteiger partial charge in [0.25, 0.3) is 5.91 Å². The summed E-state index contributed by atoms with van der Waals surface area (Å²) in [6.45, 7) is 2.00. The first kappa shape index (κ1) is 24.6. The Kier molecular flexibility index (Phi) is 8.15. The molecule has 1 saturated heterocycles. The maximum Gasteiger partial charge on any atom is 0.264 e. The van der Waals surface area contributed by atoms with Gasteiger partial charge in [0, 0.05) is 26.8 Å². The second kappa shape index (κ2) is 11.3. The average Bonchev–Trinajstić information content (AvgIpc) is 3.59. The molecule has 1 fully saturated rings. The Bertz CT molecular complexity index is 1170. The highest BCUT2D eigenvalue weighted by Gasteiger charge is 2.28. The highest BCUT2D eigenvalue weighted by molar-refractivity contribution is 7.90. The predicted octanol–water partition coefficient (Wildman–Crippen LogP) is 3.39. The zero-order valence-electron chi connectivity index (χ0n) is 19.1. The van der Waals surface area contributed by atoms with E-state index in [4.69, 9.17) is 9.47 Å². The van der Waals surface area contributed by atoms with Crippen LogP contribution in [0.3, 0.4) is 0 Å². The van der Waals surface area contributed by atoms with Crippen LogP contribution in [0.25, 0.3) is 0 Å². The lowest BCUT2D eigenvalue weighted by molar-refractivity contribution is 0.0504. The van der Waals surface area contributed by atoms with Gasteiger partial charge in [0.2, 0.25) is 15.0 Å². The minimum absolute atomic E-state index is 0.0101. The van der Waals surface area contributed by atoms with Crippen molar-refractivity contribution in [3.8, 4) is 0 Å². The largest absolute Gasteiger partial charge is 0.383 e. The molecular formula is C24H29N3O5S2. The minimum atomic E-state index is -3.70. The number of aromatic nitrogens is 2. The zero-order chi connectivity index (χ0) is 24.0. The Labute approximate surface area is 204 Å². The van der Waals surface area contributed by atoms with E-state index in [1.807, 2.05) is 29.6 Å². The molecule has 182 valence electrons. The normalized spacial score (nSPS) is 16.1. The van der Waals surface area contributed by atoms with Crippen LogP contribution in [-0.4, -0.2) is 61.7 Å². The molecule has 1 aliphatic rings. The number of amides is 1. The molecule has 0 bridgehead atoms. The Hall–Kier alpha value is -2.53. The molecule has 1 amide bonds. The van der Waals surface area contributed by atoms with Crippen molar-refractivity contribution in [2.24, 2.45) is 0 Å². The van der Waals surface area contributed by atoms with E-state index in [1.54, 1.807) is 41.0 Å². The third kappa shape index (κ3) is 5.93. The van der Waals surface area contributed by atoms with Crippen LogP contribution in [0.15, 0.2) is 59.2 Å². The van der Waals surface area contributed by atoms with E-state index in [-0.39, 0.29) is 29.5 Å². The summed E-state index contributed by atoms with van der Waals surface area (Å²) in [6, 6.07) is 12.7. The van der Waals surface area contributed by atoms with E-state index in [9.17, 15) is 13.2 Å². The van der Waals surface area contributed by atoms with Crippen LogP contribution < -0.4 is 0 Å². The first-order valence-electron chi connectivity index (χ1n) is 11.2. The summed E-state index contributed by atoms with van der Waals surface area (Å²) in [5, 5.41) is 1.86. The van der Waals surface area contributed by atoms with Crippen molar-refractivity contribution in [2.45, 2.75) is 42.9 Å². The van der Waals surface area contributed by atoms with E-state index >= 15 is 0 Å². The number of sulfone groups is 1.